The van der Waals surface area contributed by atoms with Crippen molar-refractivity contribution in [3.05, 3.63) is 64.9 Å². The number of fused-ring (bicyclic) bond motifs is 1. The zero-order valence-electron chi connectivity index (χ0n) is 18.7. The zero-order chi connectivity index (χ0) is 22.8. The van der Waals surface area contributed by atoms with Gasteiger partial charge in [-0.05, 0) is 67.4 Å². The number of ether oxygens (including phenoxy) is 2. The zero-order valence-corrected chi connectivity index (χ0v) is 18.7. The van der Waals surface area contributed by atoms with E-state index in [2.05, 4.69) is 26.2 Å². The van der Waals surface area contributed by atoms with E-state index in [0.717, 1.165) is 16.8 Å². The number of amides is 1. The van der Waals surface area contributed by atoms with Gasteiger partial charge in [0.2, 0.25) is 5.95 Å². The summed E-state index contributed by atoms with van der Waals surface area (Å²) < 4.78 is 13.0. The first kappa shape index (κ1) is 21.4. The van der Waals surface area contributed by atoms with Crippen LogP contribution in [-0.2, 0) is 4.79 Å². The second-order valence-corrected chi connectivity index (χ2v) is 7.86. The Labute approximate surface area is 186 Å². The number of benzene rings is 2. The maximum absolute atomic E-state index is 13.5. The fraction of sp³-hybridized carbons (Fsp3) is 0.304. The molecule has 1 aliphatic rings. The quantitative estimate of drug-likeness (QED) is 0.610. The van der Waals surface area contributed by atoms with Gasteiger partial charge in [0.15, 0.2) is 11.5 Å². The number of aryl methyl sites for hydroxylation is 1. The van der Waals surface area contributed by atoms with Crippen molar-refractivity contribution in [2.75, 3.05) is 17.7 Å². The molecule has 0 aliphatic carbocycles. The Morgan fingerprint density at radius 1 is 1.16 bits per heavy atom. The first-order valence-electron chi connectivity index (χ1n) is 10.4. The number of anilines is 2. The van der Waals surface area contributed by atoms with E-state index in [1.165, 1.54) is 0 Å². The number of hydrogen-bond acceptors (Lipinski definition) is 7. The number of hydrogen-bond donors (Lipinski definition) is 2. The predicted molar refractivity (Wildman–Crippen MR) is 121 cm³/mol. The maximum atomic E-state index is 13.5. The summed E-state index contributed by atoms with van der Waals surface area (Å²) in [5, 5.41) is 18.1. The van der Waals surface area contributed by atoms with Gasteiger partial charge in [-0.1, -0.05) is 29.4 Å². The van der Waals surface area contributed by atoms with Crippen LogP contribution in [0.25, 0.3) is 0 Å². The third-order valence-electron chi connectivity index (χ3n) is 5.22. The van der Waals surface area contributed by atoms with Gasteiger partial charge in [-0.25, -0.2) is 0 Å². The Kier molecular flexibility index (Phi) is 5.81. The van der Waals surface area contributed by atoms with Gasteiger partial charge in [-0.3, -0.25) is 4.79 Å². The van der Waals surface area contributed by atoms with Gasteiger partial charge >= 0.3 is 0 Å². The Balaban J connectivity index is 1.77. The third-order valence-corrected chi connectivity index (χ3v) is 5.22. The fourth-order valence-corrected chi connectivity index (χ4v) is 3.72. The predicted octanol–water partition coefficient (Wildman–Crippen LogP) is 3.70. The molecule has 0 saturated heterocycles. The molecule has 2 aromatic carbocycles. The summed E-state index contributed by atoms with van der Waals surface area (Å²) in [7, 11) is 1.59. The van der Waals surface area contributed by atoms with Crippen LogP contribution in [0.5, 0.6) is 11.5 Å². The smallest absolute Gasteiger partial charge is 0.255 e. The van der Waals surface area contributed by atoms with Crippen molar-refractivity contribution in [2.24, 2.45) is 0 Å². The number of carbonyl (C=O) groups excluding carboxylic acids is 1. The highest BCUT2D eigenvalue weighted by atomic mass is 16.5. The summed E-state index contributed by atoms with van der Waals surface area (Å²) in [6.45, 7) is 7.69. The van der Waals surface area contributed by atoms with E-state index in [4.69, 9.17) is 9.47 Å². The molecule has 1 atom stereocenters. The number of rotatable bonds is 6. The second kappa shape index (κ2) is 8.70. The molecule has 1 aliphatic heterocycles. The van der Waals surface area contributed by atoms with Crippen molar-refractivity contribution < 1.29 is 14.3 Å². The van der Waals surface area contributed by atoms with Gasteiger partial charge in [0.05, 0.1) is 18.8 Å². The van der Waals surface area contributed by atoms with E-state index in [9.17, 15) is 4.79 Å². The molecule has 1 amide bonds. The van der Waals surface area contributed by atoms with Crippen LogP contribution >= 0.6 is 0 Å². The molecule has 0 fully saturated rings. The lowest BCUT2D eigenvalue weighted by molar-refractivity contribution is -0.113. The van der Waals surface area contributed by atoms with Crippen LogP contribution in [0.15, 0.2) is 53.7 Å². The average molecular weight is 435 g/mol. The van der Waals surface area contributed by atoms with E-state index in [1.54, 1.807) is 11.8 Å². The molecule has 4 rings (SSSR count). The molecule has 3 aromatic rings. The lowest BCUT2D eigenvalue weighted by Crippen LogP contribution is -2.31. The highest BCUT2D eigenvalue weighted by Crippen LogP contribution is 2.39. The van der Waals surface area contributed by atoms with E-state index in [0.29, 0.717) is 28.7 Å². The highest BCUT2D eigenvalue weighted by Gasteiger charge is 2.34. The molecule has 2 heterocycles. The summed E-state index contributed by atoms with van der Waals surface area (Å²) in [5.41, 5.74) is 3.69. The van der Waals surface area contributed by atoms with Gasteiger partial charge in [-0.15, -0.1) is 0 Å². The Hall–Kier alpha value is -3.88. The lowest BCUT2D eigenvalue weighted by atomic mass is 9.94. The van der Waals surface area contributed by atoms with E-state index < -0.39 is 6.04 Å². The molecule has 32 heavy (non-hydrogen) atoms. The summed E-state index contributed by atoms with van der Waals surface area (Å²) >= 11 is 0. The summed E-state index contributed by atoms with van der Waals surface area (Å²) in [4.78, 5) is 13.5. The monoisotopic (exact) mass is 434 g/mol. The Bertz CT molecular complexity index is 1180. The summed E-state index contributed by atoms with van der Waals surface area (Å²) in [5.74, 6) is 1.42. The first-order valence-corrected chi connectivity index (χ1v) is 10.4. The number of methoxy groups -OCH3 is 1. The standard InChI is InChI=1S/C23H26N6O3/c1-13(2)32-18-11-10-16(12-19(18)31-5)21-20(15(4)24-23-26-27-28-29(21)23)22(30)25-17-9-7-6-8-14(17)3/h6-13,21H,1-5H3,(H,25,30)(H,24,26,28). The van der Waals surface area contributed by atoms with Crippen LogP contribution in [0.3, 0.4) is 0 Å². The average Bonchev–Trinajstić information content (AvgIpc) is 3.22. The van der Waals surface area contributed by atoms with Gasteiger partial charge < -0.3 is 20.1 Å². The Morgan fingerprint density at radius 2 is 1.94 bits per heavy atom. The van der Waals surface area contributed by atoms with Crippen molar-refractivity contribution in [1.29, 1.82) is 0 Å². The van der Waals surface area contributed by atoms with Gasteiger partial charge in [0, 0.05) is 11.4 Å². The van der Waals surface area contributed by atoms with E-state index >= 15 is 0 Å². The molecular weight excluding hydrogens is 408 g/mol. The minimum atomic E-state index is -0.549. The van der Waals surface area contributed by atoms with E-state index in [-0.39, 0.29) is 12.0 Å². The normalized spacial score (nSPS) is 15.2. The number of nitrogens with zero attached hydrogens (tertiary/aromatic N) is 4. The first-order chi connectivity index (χ1) is 15.4. The topological polar surface area (TPSA) is 103 Å². The van der Waals surface area contributed by atoms with Crippen molar-refractivity contribution >= 4 is 17.5 Å². The number of allylic oxidation sites excluding steroid dienone is 1. The van der Waals surface area contributed by atoms with Crippen molar-refractivity contribution in [3.63, 3.8) is 0 Å². The minimum absolute atomic E-state index is 0.00246. The van der Waals surface area contributed by atoms with Gasteiger partial charge in [0.1, 0.15) is 6.04 Å². The molecule has 0 bridgehead atoms. The van der Waals surface area contributed by atoms with Crippen LogP contribution in [0, 0.1) is 6.92 Å². The molecule has 0 radical (unpaired) electrons. The summed E-state index contributed by atoms with van der Waals surface area (Å²) in [6.07, 6.45) is -0.00246. The number of carbonyl (C=O) groups is 1. The molecule has 9 heteroatoms. The summed E-state index contributed by atoms with van der Waals surface area (Å²) in [6, 6.07) is 12.7. The van der Waals surface area contributed by atoms with Crippen molar-refractivity contribution in [3.8, 4) is 11.5 Å². The van der Waals surface area contributed by atoms with Crippen LogP contribution in [-0.4, -0.2) is 39.3 Å². The maximum Gasteiger partial charge on any atom is 0.255 e. The van der Waals surface area contributed by atoms with Crippen LogP contribution < -0.4 is 20.1 Å². The fourth-order valence-electron chi connectivity index (χ4n) is 3.72. The van der Waals surface area contributed by atoms with Gasteiger partial charge in [-0.2, -0.15) is 4.68 Å². The molecule has 0 saturated carbocycles. The van der Waals surface area contributed by atoms with Crippen LogP contribution in [0.4, 0.5) is 11.6 Å². The Morgan fingerprint density at radius 3 is 2.66 bits per heavy atom. The van der Waals surface area contributed by atoms with Gasteiger partial charge in [0.25, 0.3) is 5.91 Å². The highest BCUT2D eigenvalue weighted by molar-refractivity contribution is 6.06. The number of nitrogens with one attached hydrogen (secondary N) is 2. The molecule has 1 unspecified atom stereocenters. The minimum Gasteiger partial charge on any atom is -0.493 e. The van der Waals surface area contributed by atoms with Crippen LogP contribution in [0.1, 0.15) is 37.9 Å². The molecule has 2 N–H and O–H groups in total. The molecular formula is C23H26N6O3. The number of para-hydroxylation sites is 1. The third kappa shape index (κ3) is 4.01. The second-order valence-electron chi connectivity index (χ2n) is 7.86. The largest absolute Gasteiger partial charge is 0.493 e. The van der Waals surface area contributed by atoms with Crippen LogP contribution in [0.2, 0.25) is 0 Å². The molecule has 9 nitrogen and oxygen atoms in total. The number of aromatic nitrogens is 4. The molecule has 0 spiro atoms. The molecule has 166 valence electrons. The number of tetrazole rings is 1. The molecule has 1 aromatic heterocycles. The van der Waals surface area contributed by atoms with E-state index in [1.807, 2.05) is 70.2 Å². The SMILES string of the molecule is COc1cc(C2C(C(=O)Nc3ccccc3C)=C(C)Nc3nnnn32)ccc1OC(C)C. The van der Waals surface area contributed by atoms with Crippen molar-refractivity contribution in [2.45, 2.75) is 39.8 Å². The lowest BCUT2D eigenvalue weighted by Gasteiger charge is -2.28. The van der Waals surface area contributed by atoms with Crippen molar-refractivity contribution in [1.82, 2.24) is 20.2 Å².